The van der Waals surface area contributed by atoms with E-state index in [1.807, 2.05) is 31.2 Å². The Balaban J connectivity index is 1.65. The Kier molecular flexibility index (Phi) is 5.68. The second-order valence-corrected chi connectivity index (χ2v) is 6.92. The van der Waals surface area contributed by atoms with Crippen molar-refractivity contribution in [3.8, 4) is 0 Å². The molecule has 0 fully saturated rings. The van der Waals surface area contributed by atoms with Crippen molar-refractivity contribution in [2.75, 3.05) is 5.32 Å². The standard InChI is InChI=1S/C18H14ClN3O4S/c1-11-2-5-13(6-3-11)20-18-21-14(10-27-18)9-26-17(23)15-8-12(19)4-7-16(15)22(24)25/h2-8,10H,9H2,1H3,(H,20,21). The summed E-state index contributed by atoms with van der Waals surface area (Å²) < 4.78 is 5.15. The van der Waals surface area contributed by atoms with Gasteiger partial charge >= 0.3 is 5.97 Å². The molecule has 0 aliphatic carbocycles. The lowest BCUT2D eigenvalue weighted by atomic mass is 10.2. The number of nitro groups is 1. The summed E-state index contributed by atoms with van der Waals surface area (Å²) in [4.78, 5) is 26.9. The van der Waals surface area contributed by atoms with Crippen molar-refractivity contribution < 1.29 is 14.5 Å². The molecular formula is C18H14ClN3O4S. The first-order chi connectivity index (χ1) is 12.9. The van der Waals surface area contributed by atoms with Crippen LogP contribution >= 0.6 is 22.9 Å². The number of thiazole rings is 1. The normalized spacial score (nSPS) is 10.4. The summed E-state index contributed by atoms with van der Waals surface area (Å²) in [5, 5.41) is 16.8. The number of nitro benzene ring substituents is 1. The number of carbonyl (C=O) groups is 1. The Morgan fingerprint density at radius 2 is 2.04 bits per heavy atom. The van der Waals surface area contributed by atoms with Crippen molar-refractivity contribution in [2.45, 2.75) is 13.5 Å². The Morgan fingerprint density at radius 3 is 2.74 bits per heavy atom. The minimum atomic E-state index is -0.828. The molecule has 138 valence electrons. The van der Waals surface area contributed by atoms with E-state index in [-0.39, 0.29) is 22.9 Å². The van der Waals surface area contributed by atoms with E-state index in [0.717, 1.165) is 11.3 Å². The third kappa shape index (κ3) is 4.81. The summed E-state index contributed by atoms with van der Waals surface area (Å²) in [6.07, 6.45) is 0. The van der Waals surface area contributed by atoms with E-state index in [0.29, 0.717) is 10.8 Å². The van der Waals surface area contributed by atoms with Crippen molar-refractivity contribution in [1.29, 1.82) is 0 Å². The fourth-order valence-electron chi connectivity index (χ4n) is 2.24. The SMILES string of the molecule is Cc1ccc(Nc2nc(COC(=O)c3cc(Cl)ccc3[N+](=O)[O-])cs2)cc1. The van der Waals surface area contributed by atoms with Crippen molar-refractivity contribution >= 4 is 45.4 Å². The zero-order valence-electron chi connectivity index (χ0n) is 14.1. The molecule has 1 heterocycles. The third-order valence-corrected chi connectivity index (χ3v) is 4.62. The van der Waals surface area contributed by atoms with E-state index < -0.39 is 10.9 Å². The minimum absolute atomic E-state index is 0.103. The molecule has 27 heavy (non-hydrogen) atoms. The van der Waals surface area contributed by atoms with Crippen molar-refractivity contribution in [2.24, 2.45) is 0 Å². The number of esters is 1. The molecule has 0 atom stereocenters. The smallest absolute Gasteiger partial charge is 0.345 e. The highest BCUT2D eigenvalue weighted by molar-refractivity contribution is 7.13. The first-order valence-corrected chi connectivity index (χ1v) is 9.07. The van der Waals surface area contributed by atoms with Crippen LogP contribution < -0.4 is 5.32 Å². The average molecular weight is 404 g/mol. The quantitative estimate of drug-likeness (QED) is 0.349. The van der Waals surface area contributed by atoms with Gasteiger partial charge in [0.1, 0.15) is 12.2 Å². The number of halogens is 1. The predicted molar refractivity (Wildman–Crippen MR) is 104 cm³/mol. The van der Waals surface area contributed by atoms with Crippen LogP contribution in [-0.4, -0.2) is 15.9 Å². The first kappa shape index (κ1) is 18.8. The molecule has 3 aromatic rings. The van der Waals surface area contributed by atoms with Gasteiger partial charge in [-0.1, -0.05) is 29.3 Å². The van der Waals surface area contributed by atoms with Gasteiger partial charge in [0.05, 0.1) is 10.6 Å². The summed E-state index contributed by atoms with van der Waals surface area (Å²) >= 11 is 7.19. The van der Waals surface area contributed by atoms with Gasteiger partial charge in [0.25, 0.3) is 5.69 Å². The highest BCUT2D eigenvalue weighted by Crippen LogP contribution is 2.25. The summed E-state index contributed by atoms with van der Waals surface area (Å²) in [6.45, 7) is 1.90. The van der Waals surface area contributed by atoms with Crippen LogP contribution in [0.4, 0.5) is 16.5 Å². The number of anilines is 2. The van der Waals surface area contributed by atoms with E-state index in [1.54, 1.807) is 5.38 Å². The number of carbonyl (C=O) groups excluding carboxylic acids is 1. The number of hydrogen-bond donors (Lipinski definition) is 1. The van der Waals surface area contributed by atoms with Crippen LogP contribution in [-0.2, 0) is 11.3 Å². The molecule has 2 aromatic carbocycles. The second kappa shape index (κ2) is 8.15. The number of nitrogens with one attached hydrogen (secondary N) is 1. The summed E-state index contributed by atoms with van der Waals surface area (Å²) in [5.74, 6) is -0.828. The monoisotopic (exact) mass is 403 g/mol. The van der Waals surface area contributed by atoms with Gasteiger partial charge in [-0.3, -0.25) is 10.1 Å². The molecule has 1 N–H and O–H groups in total. The van der Waals surface area contributed by atoms with Gasteiger partial charge in [-0.25, -0.2) is 9.78 Å². The summed E-state index contributed by atoms with van der Waals surface area (Å²) in [7, 11) is 0. The van der Waals surface area contributed by atoms with Gasteiger partial charge in [-0.05, 0) is 31.2 Å². The number of aryl methyl sites for hydroxylation is 1. The average Bonchev–Trinajstić information content (AvgIpc) is 3.08. The van der Waals surface area contributed by atoms with Crippen molar-refractivity contribution in [3.05, 3.63) is 79.8 Å². The molecule has 3 rings (SSSR count). The maximum Gasteiger partial charge on any atom is 0.345 e. The Bertz CT molecular complexity index is 989. The van der Waals surface area contributed by atoms with E-state index in [1.165, 1.54) is 29.5 Å². The molecule has 0 saturated carbocycles. The van der Waals surface area contributed by atoms with E-state index in [2.05, 4.69) is 10.3 Å². The van der Waals surface area contributed by atoms with Gasteiger partial charge in [-0.2, -0.15) is 0 Å². The zero-order valence-corrected chi connectivity index (χ0v) is 15.7. The van der Waals surface area contributed by atoms with Crippen LogP contribution in [0.3, 0.4) is 0 Å². The second-order valence-electron chi connectivity index (χ2n) is 5.63. The minimum Gasteiger partial charge on any atom is -0.455 e. The molecule has 0 amide bonds. The lowest BCUT2D eigenvalue weighted by molar-refractivity contribution is -0.385. The molecule has 0 bridgehead atoms. The Labute approximate surface area is 163 Å². The van der Waals surface area contributed by atoms with Crippen LogP contribution in [0.25, 0.3) is 0 Å². The first-order valence-electron chi connectivity index (χ1n) is 7.81. The fraction of sp³-hybridized carbons (Fsp3) is 0.111. The van der Waals surface area contributed by atoms with Crippen LogP contribution in [0.5, 0.6) is 0 Å². The highest BCUT2D eigenvalue weighted by atomic mass is 35.5. The van der Waals surface area contributed by atoms with E-state index in [4.69, 9.17) is 16.3 Å². The van der Waals surface area contributed by atoms with Crippen molar-refractivity contribution in [3.63, 3.8) is 0 Å². The van der Waals surface area contributed by atoms with Crippen molar-refractivity contribution in [1.82, 2.24) is 4.98 Å². The number of rotatable bonds is 6. The number of nitrogens with zero attached hydrogens (tertiary/aromatic N) is 2. The summed E-state index contributed by atoms with van der Waals surface area (Å²) in [6, 6.07) is 11.6. The largest absolute Gasteiger partial charge is 0.455 e. The molecule has 0 aliphatic rings. The molecule has 1 aromatic heterocycles. The number of aromatic nitrogens is 1. The van der Waals surface area contributed by atoms with Gasteiger partial charge in [0.15, 0.2) is 5.13 Å². The Hall–Kier alpha value is -2.97. The Morgan fingerprint density at radius 1 is 1.30 bits per heavy atom. The van der Waals surface area contributed by atoms with Gasteiger partial charge < -0.3 is 10.1 Å². The van der Waals surface area contributed by atoms with E-state index in [9.17, 15) is 14.9 Å². The number of ether oxygens (including phenoxy) is 1. The fourth-order valence-corrected chi connectivity index (χ4v) is 3.13. The van der Waals surface area contributed by atoms with Gasteiger partial charge in [0, 0.05) is 22.2 Å². The molecule has 0 radical (unpaired) electrons. The van der Waals surface area contributed by atoms with Gasteiger partial charge in [0.2, 0.25) is 0 Å². The molecule has 0 aliphatic heterocycles. The molecule has 0 saturated heterocycles. The maximum atomic E-state index is 12.2. The lowest BCUT2D eigenvalue weighted by Crippen LogP contribution is -2.08. The van der Waals surface area contributed by atoms with Gasteiger partial charge in [-0.15, -0.1) is 11.3 Å². The van der Waals surface area contributed by atoms with Crippen LogP contribution in [0, 0.1) is 17.0 Å². The molecule has 0 spiro atoms. The molecule has 9 heteroatoms. The van der Waals surface area contributed by atoms with Crippen LogP contribution in [0.15, 0.2) is 47.8 Å². The number of benzene rings is 2. The van der Waals surface area contributed by atoms with E-state index >= 15 is 0 Å². The topological polar surface area (TPSA) is 94.4 Å². The maximum absolute atomic E-state index is 12.2. The lowest BCUT2D eigenvalue weighted by Gasteiger charge is -2.05. The number of hydrogen-bond acceptors (Lipinski definition) is 7. The molecular weight excluding hydrogens is 390 g/mol. The summed E-state index contributed by atoms with van der Waals surface area (Å²) in [5.41, 5.74) is 2.04. The highest BCUT2D eigenvalue weighted by Gasteiger charge is 2.22. The van der Waals surface area contributed by atoms with Crippen LogP contribution in [0.2, 0.25) is 5.02 Å². The zero-order chi connectivity index (χ0) is 19.4. The molecule has 0 unspecified atom stereocenters. The molecule has 7 nitrogen and oxygen atoms in total. The predicted octanol–water partition coefficient (Wildman–Crippen LogP) is 5.11. The third-order valence-electron chi connectivity index (χ3n) is 3.58. The van der Waals surface area contributed by atoms with Crippen LogP contribution in [0.1, 0.15) is 21.6 Å².